The normalized spacial score (nSPS) is 13.1. The Morgan fingerprint density at radius 2 is 0.765 bits per heavy atom. The molecule has 2 aromatic carbocycles. The second-order valence-corrected chi connectivity index (χ2v) is 18.6. The first-order valence-corrected chi connectivity index (χ1v) is 22.3. The number of hydrogen-bond donors (Lipinski definition) is 3. The fraction of sp³-hybridized carbons (Fsp3) is 0.647. The van der Waals surface area contributed by atoms with Gasteiger partial charge in [0, 0.05) is 11.6 Å². The lowest BCUT2D eigenvalue weighted by molar-refractivity contribution is -0.200. The Morgan fingerprint density at radius 3 is 1.04 bits per heavy atom. The van der Waals surface area contributed by atoms with Gasteiger partial charge in [0.25, 0.3) is 0 Å². The van der Waals surface area contributed by atoms with E-state index in [1.807, 2.05) is 18.2 Å². The number of esters is 6. The van der Waals surface area contributed by atoms with Gasteiger partial charge in [0.05, 0.1) is 59.9 Å². The Labute approximate surface area is 523 Å². The predicted octanol–water partition coefficient (Wildman–Crippen LogP) is 17.4. The SMILES string of the molecule is C.C.C.C.C.C.C.C.C.C.C.C.C.C.C.C.C=C(C)C(=O)OCC(O)COC(=O)C(C)(C(C)(C)C(=O)O)C(C)(C(=O)OC)C(C)c1ccccc1.C=CC(=O)OCCCCOC(=O)C(C)(C(C)(C)C(=O)O)C(C)(C(=O)OC)C(C)c1ccccc1. The van der Waals surface area contributed by atoms with Gasteiger partial charge in [0.15, 0.2) is 0 Å². The molecule has 0 radical (unpaired) electrons. The van der Waals surface area contributed by atoms with Gasteiger partial charge in [-0.05, 0) is 98.1 Å². The zero-order valence-corrected chi connectivity index (χ0v) is 42.3. The number of benzene rings is 2. The number of unbranched alkanes of at least 4 members (excludes halogenated alkanes) is 1. The van der Waals surface area contributed by atoms with Crippen LogP contribution in [0.2, 0.25) is 0 Å². The number of methoxy groups -OCH3 is 2. The van der Waals surface area contributed by atoms with Gasteiger partial charge in [-0.2, -0.15) is 0 Å². The van der Waals surface area contributed by atoms with Crippen molar-refractivity contribution in [3.8, 4) is 0 Å². The lowest BCUT2D eigenvalue weighted by atomic mass is 9.48. The molecule has 0 spiro atoms. The van der Waals surface area contributed by atoms with Gasteiger partial charge < -0.3 is 43.7 Å². The first kappa shape index (κ1) is 121. The molecule has 0 aromatic heterocycles. The quantitative estimate of drug-likeness (QED) is 0.0361. The van der Waals surface area contributed by atoms with Crippen molar-refractivity contribution >= 4 is 47.8 Å². The van der Waals surface area contributed by atoms with Crippen molar-refractivity contribution in [3.05, 3.63) is 96.6 Å². The Hall–Kier alpha value is -6.36. The number of aliphatic hydroxyl groups excluding tert-OH is 1. The molecule has 0 amide bonds. The zero-order chi connectivity index (χ0) is 53.3. The highest BCUT2D eigenvalue weighted by Crippen LogP contribution is 2.60. The van der Waals surface area contributed by atoms with Crippen LogP contribution < -0.4 is 0 Å². The summed E-state index contributed by atoms with van der Waals surface area (Å²) < 4.78 is 30.9. The number of carbonyl (C=O) groups excluding carboxylic acids is 6. The second-order valence-electron chi connectivity index (χ2n) is 18.6. The molecule has 0 fully saturated rings. The topological polar surface area (TPSA) is 253 Å². The number of carboxylic acid groups (broad SMARTS) is 2. The summed E-state index contributed by atoms with van der Waals surface area (Å²) in [7, 11) is 2.37. The molecule has 0 heterocycles. The van der Waals surface area contributed by atoms with Crippen LogP contribution >= 0.6 is 0 Å². The average Bonchev–Trinajstić information content (AvgIpc) is 3.33. The van der Waals surface area contributed by atoms with E-state index in [-0.39, 0.29) is 138 Å². The third kappa shape index (κ3) is 26.0. The third-order valence-corrected chi connectivity index (χ3v) is 14.4. The summed E-state index contributed by atoms with van der Waals surface area (Å²) >= 11 is 0. The van der Waals surface area contributed by atoms with E-state index in [9.17, 15) is 53.7 Å². The van der Waals surface area contributed by atoms with E-state index < -0.39 is 111 Å². The van der Waals surface area contributed by atoms with Crippen LogP contribution in [-0.4, -0.2) is 110 Å². The molecule has 0 saturated heterocycles. The van der Waals surface area contributed by atoms with E-state index in [2.05, 4.69) is 13.2 Å². The Bertz CT molecular complexity index is 2150. The van der Waals surface area contributed by atoms with Gasteiger partial charge in [0.1, 0.15) is 19.3 Å². The fourth-order valence-electron chi connectivity index (χ4n) is 8.27. The second kappa shape index (κ2) is 50.9. The maximum absolute atomic E-state index is 13.6. The van der Waals surface area contributed by atoms with E-state index in [1.165, 1.54) is 62.5 Å². The van der Waals surface area contributed by atoms with Gasteiger partial charge in [-0.15, -0.1) is 0 Å². The first-order valence-electron chi connectivity index (χ1n) is 22.3. The lowest BCUT2D eigenvalue weighted by Crippen LogP contribution is -2.62. The molecule has 3 N–H and O–H groups in total. The van der Waals surface area contributed by atoms with Crippen LogP contribution in [0.15, 0.2) is 85.5 Å². The summed E-state index contributed by atoms with van der Waals surface area (Å²) in [5, 5.41) is 30.4. The Balaban J connectivity index is -0.0000000674. The average molecular weight is 1230 g/mol. The van der Waals surface area contributed by atoms with Gasteiger partial charge in [-0.25, -0.2) is 9.59 Å². The van der Waals surface area contributed by atoms with Gasteiger partial charge in [-0.1, -0.05) is 206 Å². The molecule has 2 rings (SSSR count). The van der Waals surface area contributed by atoms with Crippen LogP contribution in [0, 0.1) is 32.5 Å². The summed E-state index contributed by atoms with van der Waals surface area (Å²) in [5.41, 5.74) is -9.03. The first-order chi connectivity index (χ1) is 31.9. The van der Waals surface area contributed by atoms with Crippen molar-refractivity contribution in [2.75, 3.05) is 40.6 Å². The molecule has 0 bridgehead atoms. The molecule has 17 nitrogen and oxygen atoms in total. The molecule has 7 unspecified atom stereocenters. The molecule has 0 aliphatic heterocycles. The smallest absolute Gasteiger partial charge is 0.333 e. The predicted molar refractivity (Wildman–Crippen MR) is 361 cm³/mol. The molecule has 0 aliphatic carbocycles. The minimum Gasteiger partial charge on any atom is -0.481 e. The molecule has 510 valence electrons. The maximum Gasteiger partial charge on any atom is 0.333 e. The number of rotatable bonds is 25. The molecular weight excluding hydrogens is 1090 g/mol. The summed E-state index contributed by atoms with van der Waals surface area (Å²) in [6.07, 6.45) is 0.486. The van der Waals surface area contributed by atoms with E-state index in [0.717, 1.165) is 18.7 Å². The standard InChI is InChI=1S/C26H36O9.C26H36O8.16CH4/c1-16(2)20(28)34-14-19(27)15-35-23(32)26(7,24(4,5)21(29)30)25(6,22(31)33-8)17(3)18-12-10-9-11-13-18;1-8-20(27)33-16-12-13-17-34-23(31)26(6,24(3,4)21(28)29)25(5,22(30)32-7)18(2)19-14-10-9-11-15-19;;;;;;;;;;;;;;;;/h9-13,17,19,27H,1,14-15H2,2-8H3,(H,29,30);8-11,14-15,18H,1,12-13,16-17H2,2-7H3,(H,28,29);16*1H4. The van der Waals surface area contributed by atoms with Gasteiger partial charge in [0.2, 0.25) is 0 Å². The monoisotopic (exact) mass is 1220 g/mol. The van der Waals surface area contributed by atoms with E-state index in [0.29, 0.717) is 18.4 Å². The van der Waals surface area contributed by atoms with Crippen molar-refractivity contribution in [2.24, 2.45) is 32.5 Å². The summed E-state index contributed by atoms with van der Waals surface area (Å²) in [6.45, 7) is 22.0. The van der Waals surface area contributed by atoms with Crippen molar-refractivity contribution in [1.29, 1.82) is 0 Å². The van der Waals surface area contributed by atoms with Crippen molar-refractivity contribution < 1.29 is 82.1 Å². The number of aliphatic hydroxyl groups is 1. The number of carboxylic acids is 2. The van der Waals surface area contributed by atoms with Crippen molar-refractivity contribution in [2.45, 2.75) is 226 Å². The lowest BCUT2D eigenvalue weighted by Gasteiger charge is -2.52. The maximum atomic E-state index is 13.6. The van der Waals surface area contributed by atoms with E-state index in [1.54, 1.807) is 63.2 Å². The van der Waals surface area contributed by atoms with Gasteiger partial charge in [-0.3, -0.25) is 28.8 Å². The number of ether oxygens (including phenoxy) is 6. The van der Waals surface area contributed by atoms with Crippen LogP contribution in [0.25, 0.3) is 0 Å². The van der Waals surface area contributed by atoms with E-state index >= 15 is 0 Å². The van der Waals surface area contributed by atoms with Crippen LogP contribution in [0.5, 0.6) is 0 Å². The third-order valence-electron chi connectivity index (χ3n) is 14.4. The molecule has 17 heteroatoms. The van der Waals surface area contributed by atoms with Crippen LogP contribution in [0.1, 0.15) is 231 Å². The molecule has 0 saturated carbocycles. The summed E-state index contributed by atoms with van der Waals surface area (Å²) in [6, 6.07) is 17.9. The molecular formula is C68H136O17. The van der Waals surface area contributed by atoms with Crippen molar-refractivity contribution in [1.82, 2.24) is 0 Å². The molecule has 7 atom stereocenters. The molecule has 85 heavy (non-hydrogen) atoms. The largest absolute Gasteiger partial charge is 0.481 e. The van der Waals surface area contributed by atoms with Crippen LogP contribution in [0.4, 0.5) is 0 Å². The highest BCUT2D eigenvalue weighted by molar-refractivity contribution is 5.95. The molecule has 2 aromatic rings. The fourth-order valence-corrected chi connectivity index (χ4v) is 8.27. The molecule has 0 aliphatic rings. The number of carbonyl (C=O) groups is 8. The highest BCUT2D eigenvalue weighted by Gasteiger charge is 2.70. The van der Waals surface area contributed by atoms with E-state index in [4.69, 9.17) is 28.4 Å². The Kier molecular flexibility index (Phi) is 72.4. The van der Waals surface area contributed by atoms with Gasteiger partial charge >= 0.3 is 47.8 Å². The number of hydrogen-bond acceptors (Lipinski definition) is 15. The van der Waals surface area contributed by atoms with Crippen LogP contribution in [-0.2, 0) is 66.8 Å². The minimum absolute atomic E-state index is 0. The van der Waals surface area contributed by atoms with Crippen LogP contribution in [0.3, 0.4) is 0 Å². The highest BCUT2D eigenvalue weighted by atomic mass is 16.6. The zero-order valence-electron chi connectivity index (χ0n) is 42.3. The Morgan fingerprint density at radius 1 is 0.482 bits per heavy atom. The minimum atomic E-state index is -1.97. The summed E-state index contributed by atoms with van der Waals surface area (Å²) in [4.78, 5) is 101. The summed E-state index contributed by atoms with van der Waals surface area (Å²) in [5.74, 6) is -8.46. The van der Waals surface area contributed by atoms with Crippen molar-refractivity contribution in [3.63, 3.8) is 0 Å². The number of aliphatic carboxylic acids is 2.